The van der Waals surface area contributed by atoms with Crippen LogP contribution in [-0.4, -0.2) is 27.7 Å². The lowest BCUT2D eigenvalue weighted by molar-refractivity contribution is -0.136. The molecule has 0 N–H and O–H groups in total. The first-order valence-electron chi connectivity index (χ1n) is 10.7. The van der Waals surface area contributed by atoms with Crippen LogP contribution in [0.4, 0.5) is 18.9 Å². The van der Waals surface area contributed by atoms with Crippen molar-refractivity contribution in [2.24, 2.45) is 11.8 Å². The van der Waals surface area contributed by atoms with Crippen LogP contribution in [0.3, 0.4) is 0 Å². The predicted molar refractivity (Wildman–Crippen MR) is 110 cm³/mol. The van der Waals surface area contributed by atoms with E-state index in [2.05, 4.69) is 29.3 Å². The number of aromatic nitrogens is 3. The van der Waals surface area contributed by atoms with Crippen molar-refractivity contribution in [1.82, 2.24) is 14.6 Å². The molecular weight excluding hydrogens is 389 g/mol. The summed E-state index contributed by atoms with van der Waals surface area (Å²) in [5, 5.41) is 8.07. The summed E-state index contributed by atoms with van der Waals surface area (Å²) in [6.45, 7) is 3.30. The minimum Gasteiger partial charge on any atom is -0.371 e. The maximum atomic E-state index is 14.1. The van der Waals surface area contributed by atoms with Gasteiger partial charge in [-0.15, -0.1) is 10.2 Å². The number of rotatable bonds is 4. The van der Waals surface area contributed by atoms with E-state index < -0.39 is 11.7 Å². The Hall–Kier alpha value is -2.57. The Kier molecular flexibility index (Phi) is 4.71. The van der Waals surface area contributed by atoms with Crippen molar-refractivity contribution in [3.8, 4) is 0 Å². The van der Waals surface area contributed by atoms with Crippen molar-refractivity contribution in [3.63, 3.8) is 0 Å². The minimum atomic E-state index is -4.48. The molecule has 1 saturated heterocycles. The van der Waals surface area contributed by atoms with Crippen LogP contribution in [-0.2, 0) is 12.6 Å². The van der Waals surface area contributed by atoms with Gasteiger partial charge in [0, 0.05) is 25.7 Å². The molecule has 2 aromatic heterocycles. The molecule has 4 nitrogen and oxygen atoms in total. The molecule has 3 aromatic rings. The van der Waals surface area contributed by atoms with Gasteiger partial charge in [0.25, 0.3) is 0 Å². The topological polar surface area (TPSA) is 33.4 Å². The van der Waals surface area contributed by atoms with Gasteiger partial charge in [0.05, 0.1) is 5.69 Å². The van der Waals surface area contributed by atoms with Gasteiger partial charge in [0.1, 0.15) is 11.4 Å². The molecule has 5 rings (SSSR count). The zero-order chi connectivity index (χ0) is 20.9. The zero-order valence-corrected chi connectivity index (χ0v) is 16.9. The van der Waals surface area contributed by atoms with Gasteiger partial charge in [-0.3, -0.25) is 4.40 Å². The van der Waals surface area contributed by atoms with Gasteiger partial charge in [-0.25, -0.2) is 0 Å². The van der Waals surface area contributed by atoms with E-state index in [1.807, 2.05) is 23.1 Å². The van der Waals surface area contributed by atoms with Crippen molar-refractivity contribution in [2.75, 3.05) is 18.0 Å². The molecule has 0 unspecified atom stereocenters. The molecule has 2 aliphatic rings. The molecule has 2 fully saturated rings. The van der Waals surface area contributed by atoms with Crippen LogP contribution in [0.25, 0.3) is 5.65 Å². The maximum Gasteiger partial charge on any atom is 0.422 e. The van der Waals surface area contributed by atoms with Gasteiger partial charge in [-0.1, -0.05) is 37.3 Å². The molecular formula is C23H25F3N4. The van der Waals surface area contributed by atoms with Crippen LogP contribution >= 0.6 is 0 Å². The Morgan fingerprint density at radius 2 is 1.80 bits per heavy atom. The normalized spacial score (nSPS) is 22.6. The molecule has 1 aliphatic carbocycles. The first kappa shape index (κ1) is 19.4. The predicted octanol–water partition coefficient (Wildman–Crippen LogP) is 5.33. The van der Waals surface area contributed by atoms with Crippen molar-refractivity contribution in [1.29, 1.82) is 0 Å². The van der Waals surface area contributed by atoms with E-state index >= 15 is 0 Å². The van der Waals surface area contributed by atoms with Gasteiger partial charge in [0.2, 0.25) is 0 Å². The first-order chi connectivity index (χ1) is 14.4. The number of hydrogen-bond donors (Lipinski definition) is 0. The molecule has 2 atom stereocenters. The summed E-state index contributed by atoms with van der Waals surface area (Å²) in [6, 6.07) is 11.9. The van der Waals surface area contributed by atoms with Crippen molar-refractivity contribution >= 4 is 11.3 Å². The van der Waals surface area contributed by atoms with Gasteiger partial charge in [0.15, 0.2) is 5.65 Å². The van der Waals surface area contributed by atoms with Gasteiger partial charge < -0.3 is 4.90 Å². The van der Waals surface area contributed by atoms with E-state index in [4.69, 9.17) is 0 Å². The summed E-state index contributed by atoms with van der Waals surface area (Å²) in [5.74, 6) is 1.77. The average Bonchev–Trinajstić information content (AvgIpc) is 3.45. The van der Waals surface area contributed by atoms with E-state index in [0.29, 0.717) is 37.2 Å². The largest absolute Gasteiger partial charge is 0.422 e. The van der Waals surface area contributed by atoms with Crippen LogP contribution in [0, 0.1) is 11.8 Å². The number of alkyl halides is 3. The highest BCUT2D eigenvalue weighted by atomic mass is 19.4. The van der Waals surface area contributed by atoms with Gasteiger partial charge in [-0.2, -0.15) is 13.2 Å². The highest BCUT2D eigenvalue weighted by Crippen LogP contribution is 2.42. The molecule has 0 radical (unpaired) electrons. The summed E-state index contributed by atoms with van der Waals surface area (Å²) in [7, 11) is 0. The second-order valence-corrected chi connectivity index (χ2v) is 8.76. The number of halogens is 3. The van der Waals surface area contributed by atoms with Crippen LogP contribution in [0.5, 0.6) is 0 Å². The number of hydrogen-bond acceptors (Lipinski definition) is 3. The molecule has 1 saturated carbocycles. The Morgan fingerprint density at radius 3 is 2.47 bits per heavy atom. The van der Waals surface area contributed by atoms with Crippen LogP contribution in [0.15, 0.2) is 42.6 Å². The number of nitrogens with zero attached hydrogens (tertiary/aromatic N) is 4. The van der Waals surface area contributed by atoms with Crippen LogP contribution < -0.4 is 4.90 Å². The number of fused-ring (bicyclic) bond motifs is 1. The lowest BCUT2D eigenvalue weighted by Gasteiger charge is -2.39. The Labute approximate surface area is 173 Å². The summed E-state index contributed by atoms with van der Waals surface area (Å²) < 4.78 is 44.0. The van der Waals surface area contributed by atoms with Crippen LogP contribution in [0.1, 0.15) is 49.1 Å². The summed E-state index contributed by atoms with van der Waals surface area (Å²) in [6.07, 6.45) is 0.984. The Balaban J connectivity index is 1.48. The van der Waals surface area contributed by atoms with Gasteiger partial charge >= 0.3 is 6.18 Å². The molecule has 0 bridgehead atoms. The monoisotopic (exact) mass is 414 g/mol. The average molecular weight is 414 g/mol. The van der Waals surface area contributed by atoms with E-state index in [0.717, 1.165) is 19.3 Å². The standard InChI is InChI=1S/C23H25F3N4/c1-15-14-29(11-9-18(15)17-5-3-2-4-6-17)19-10-12-30-20(13-16-7-8-16)27-28-22(30)21(19)23(24,25)26/h2-6,10,12,15-16,18H,7-9,11,13-14H2,1H3/t15-,18+/m1/s1. The number of pyridine rings is 1. The third-order valence-electron chi connectivity index (χ3n) is 6.55. The second-order valence-electron chi connectivity index (χ2n) is 8.76. The molecule has 7 heteroatoms. The second kappa shape index (κ2) is 7.29. The van der Waals surface area contributed by atoms with Gasteiger partial charge in [-0.05, 0) is 48.6 Å². The van der Waals surface area contributed by atoms with Crippen molar-refractivity contribution < 1.29 is 13.2 Å². The molecule has 3 heterocycles. The smallest absolute Gasteiger partial charge is 0.371 e. The van der Waals surface area contributed by atoms with E-state index in [9.17, 15) is 13.2 Å². The van der Waals surface area contributed by atoms with E-state index in [1.165, 1.54) is 9.96 Å². The lowest BCUT2D eigenvalue weighted by atomic mass is 9.81. The minimum absolute atomic E-state index is 0.0755. The molecule has 1 aromatic carbocycles. The van der Waals surface area contributed by atoms with E-state index in [1.54, 1.807) is 12.3 Å². The number of benzene rings is 1. The third-order valence-corrected chi connectivity index (χ3v) is 6.55. The fourth-order valence-corrected chi connectivity index (χ4v) is 4.81. The van der Waals surface area contributed by atoms with Crippen molar-refractivity contribution in [2.45, 2.75) is 44.7 Å². The Morgan fingerprint density at radius 1 is 1.03 bits per heavy atom. The summed E-state index contributed by atoms with van der Waals surface area (Å²) in [4.78, 5) is 1.88. The fourth-order valence-electron chi connectivity index (χ4n) is 4.81. The molecule has 30 heavy (non-hydrogen) atoms. The third kappa shape index (κ3) is 3.55. The molecule has 1 aliphatic heterocycles. The van der Waals surface area contributed by atoms with Crippen LogP contribution in [0.2, 0.25) is 0 Å². The molecule has 0 spiro atoms. The molecule has 158 valence electrons. The zero-order valence-electron chi connectivity index (χ0n) is 16.9. The highest BCUT2D eigenvalue weighted by Gasteiger charge is 2.40. The fraction of sp³-hybridized carbons (Fsp3) is 0.478. The summed E-state index contributed by atoms with van der Waals surface area (Å²) in [5.41, 5.74) is 0.746. The maximum absolute atomic E-state index is 14.1. The lowest BCUT2D eigenvalue weighted by Crippen LogP contribution is -2.39. The SMILES string of the molecule is C[C@@H]1CN(c2ccn3c(CC4CC4)nnc3c2C(F)(F)F)CC[C@@H]1c1ccccc1. The quantitative estimate of drug-likeness (QED) is 0.579. The van der Waals surface area contributed by atoms with E-state index in [-0.39, 0.29) is 17.3 Å². The molecule has 0 amide bonds. The first-order valence-corrected chi connectivity index (χ1v) is 10.7. The number of anilines is 1. The Bertz CT molecular complexity index is 1040. The highest BCUT2D eigenvalue weighted by molar-refractivity contribution is 5.67. The summed E-state index contributed by atoms with van der Waals surface area (Å²) >= 11 is 0. The van der Waals surface area contributed by atoms with Crippen molar-refractivity contribution in [3.05, 3.63) is 59.5 Å². The number of piperidine rings is 1.